The fourth-order valence-electron chi connectivity index (χ4n) is 1.53. The second-order valence-corrected chi connectivity index (χ2v) is 2.82. The lowest BCUT2D eigenvalue weighted by Gasteiger charge is -2.26. The SMILES string of the molecule is N#CN1CCCC1N1C=CON1. The Hall–Kier alpha value is -1.41. The first-order valence-electron chi connectivity index (χ1n) is 3.94. The lowest BCUT2D eigenvalue weighted by molar-refractivity contribution is -0.0163. The minimum Gasteiger partial charge on any atom is -0.395 e. The van der Waals surface area contributed by atoms with Crippen LogP contribution >= 0.6 is 0 Å². The Morgan fingerprint density at radius 1 is 1.67 bits per heavy atom. The summed E-state index contributed by atoms with van der Waals surface area (Å²) in [4.78, 5) is 6.56. The van der Waals surface area contributed by atoms with Gasteiger partial charge in [-0.2, -0.15) is 5.26 Å². The van der Waals surface area contributed by atoms with Crippen molar-refractivity contribution in [2.24, 2.45) is 0 Å². The molecule has 0 aromatic rings. The Morgan fingerprint density at radius 3 is 3.25 bits per heavy atom. The topological polar surface area (TPSA) is 51.5 Å². The maximum Gasteiger partial charge on any atom is 0.181 e. The Balaban J connectivity index is 2.03. The van der Waals surface area contributed by atoms with Crippen molar-refractivity contribution < 1.29 is 4.84 Å². The molecule has 1 atom stereocenters. The molecule has 5 nitrogen and oxygen atoms in total. The van der Waals surface area contributed by atoms with Gasteiger partial charge in [-0.3, -0.25) is 9.91 Å². The van der Waals surface area contributed by atoms with Crippen LogP contribution in [-0.2, 0) is 4.84 Å². The Morgan fingerprint density at radius 2 is 2.58 bits per heavy atom. The lowest BCUT2D eigenvalue weighted by atomic mass is 10.3. The van der Waals surface area contributed by atoms with Crippen LogP contribution in [0.4, 0.5) is 0 Å². The molecule has 2 heterocycles. The van der Waals surface area contributed by atoms with Gasteiger partial charge in [0.15, 0.2) is 6.19 Å². The number of hydrazine groups is 1. The van der Waals surface area contributed by atoms with Crippen LogP contribution < -0.4 is 5.59 Å². The van der Waals surface area contributed by atoms with E-state index in [1.165, 1.54) is 0 Å². The largest absolute Gasteiger partial charge is 0.395 e. The van der Waals surface area contributed by atoms with Crippen LogP contribution in [0, 0.1) is 11.5 Å². The molecule has 64 valence electrons. The van der Waals surface area contributed by atoms with Gasteiger partial charge in [-0.05, 0) is 12.8 Å². The van der Waals surface area contributed by atoms with Crippen molar-refractivity contribution in [3.05, 3.63) is 12.5 Å². The standard InChI is InChI=1S/C7H10N4O/c8-6-10-3-1-2-7(10)11-4-5-12-9-11/h4-5,7,9H,1-3H2. The number of nitrogens with one attached hydrogen (secondary N) is 1. The van der Waals surface area contributed by atoms with E-state index in [-0.39, 0.29) is 6.17 Å². The van der Waals surface area contributed by atoms with Crippen LogP contribution in [0.15, 0.2) is 12.5 Å². The van der Waals surface area contributed by atoms with Gasteiger partial charge >= 0.3 is 0 Å². The second-order valence-electron chi connectivity index (χ2n) is 2.82. The van der Waals surface area contributed by atoms with E-state index in [0.29, 0.717) is 0 Å². The molecule has 0 radical (unpaired) electrons. The van der Waals surface area contributed by atoms with E-state index < -0.39 is 0 Å². The van der Waals surface area contributed by atoms with E-state index in [1.54, 1.807) is 22.4 Å². The highest BCUT2D eigenvalue weighted by Gasteiger charge is 2.29. The normalized spacial score (nSPS) is 27.4. The molecule has 0 amide bonds. The van der Waals surface area contributed by atoms with Gasteiger partial charge < -0.3 is 4.84 Å². The third kappa shape index (κ3) is 1.06. The molecule has 1 saturated heterocycles. The average molecular weight is 166 g/mol. The van der Waals surface area contributed by atoms with Crippen LogP contribution in [-0.4, -0.2) is 22.6 Å². The summed E-state index contributed by atoms with van der Waals surface area (Å²) in [5, 5.41) is 10.6. The summed E-state index contributed by atoms with van der Waals surface area (Å²) in [6.07, 6.45) is 7.68. The lowest BCUT2D eigenvalue weighted by Crippen LogP contribution is -2.44. The molecule has 0 aromatic carbocycles. The average Bonchev–Trinajstić information content (AvgIpc) is 2.74. The van der Waals surface area contributed by atoms with Crippen molar-refractivity contribution in [1.82, 2.24) is 15.5 Å². The summed E-state index contributed by atoms with van der Waals surface area (Å²) in [6, 6.07) is 0. The number of nitrogens with zero attached hydrogens (tertiary/aromatic N) is 3. The molecule has 12 heavy (non-hydrogen) atoms. The highest BCUT2D eigenvalue weighted by molar-refractivity contribution is 4.91. The number of rotatable bonds is 1. The van der Waals surface area contributed by atoms with E-state index in [2.05, 4.69) is 11.8 Å². The first-order chi connectivity index (χ1) is 5.92. The summed E-state index contributed by atoms with van der Waals surface area (Å²) in [6.45, 7) is 0.840. The molecule has 2 aliphatic rings. The van der Waals surface area contributed by atoms with Gasteiger partial charge in [0.1, 0.15) is 12.4 Å². The van der Waals surface area contributed by atoms with Crippen molar-refractivity contribution in [3.8, 4) is 6.19 Å². The molecule has 1 N–H and O–H groups in total. The summed E-state index contributed by atoms with van der Waals surface area (Å²) in [5.41, 5.74) is 2.69. The molecule has 0 aromatic heterocycles. The van der Waals surface area contributed by atoms with Crippen LogP contribution in [0.1, 0.15) is 12.8 Å². The van der Waals surface area contributed by atoms with Crippen LogP contribution in [0.2, 0.25) is 0 Å². The molecule has 2 aliphatic heterocycles. The van der Waals surface area contributed by atoms with Gasteiger partial charge in [-0.15, -0.1) is 0 Å². The van der Waals surface area contributed by atoms with E-state index in [0.717, 1.165) is 19.4 Å². The quantitative estimate of drug-likeness (QED) is 0.560. The van der Waals surface area contributed by atoms with Crippen LogP contribution in [0.25, 0.3) is 0 Å². The molecule has 0 spiro atoms. The third-order valence-electron chi connectivity index (χ3n) is 2.12. The summed E-state index contributed by atoms with van der Waals surface area (Å²) >= 11 is 0. The molecular formula is C7H10N4O. The highest BCUT2D eigenvalue weighted by Crippen LogP contribution is 2.19. The van der Waals surface area contributed by atoms with Crippen molar-refractivity contribution >= 4 is 0 Å². The maximum absolute atomic E-state index is 8.75. The van der Waals surface area contributed by atoms with E-state index >= 15 is 0 Å². The van der Waals surface area contributed by atoms with Gasteiger partial charge in [-0.25, -0.2) is 0 Å². The Bertz CT molecular complexity index is 234. The molecule has 2 rings (SSSR count). The fraction of sp³-hybridized carbons (Fsp3) is 0.571. The van der Waals surface area contributed by atoms with Crippen molar-refractivity contribution in [3.63, 3.8) is 0 Å². The molecule has 1 fully saturated rings. The smallest absolute Gasteiger partial charge is 0.181 e. The highest BCUT2D eigenvalue weighted by atomic mass is 16.7. The van der Waals surface area contributed by atoms with Gasteiger partial charge in [0.25, 0.3) is 0 Å². The Kier molecular flexibility index (Phi) is 1.76. The van der Waals surface area contributed by atoms with Crippen LogP contribution in [0.5, 0.6) is 0 Å². The predicted octanol–water partition coefficient (Wildman–Crippen LogP) is 0.112. The second kappa shape index (κ2) is 2.91. The molecular weight excluding hydrogens is 156 g/mol. The fourth-order valence-corrected chi connectivity index (χ4v) is 1.53. The number of hydrogen-bond acceptors (Lipinski definition) is 5. The third-order valence-corrected chi connectivity index (χ3v) is 2.12. The molecule has 1 unspecified atom stereocenters. The van der Waals surface area contributed by atoms with Crippen molar-refractivity contribution in [1.29, 1.82) is 5.26 Å². The molecule has 5 heteroatoms. The minimum absolute atomic E-state index is 0.119. The monoisotopic (exact) mass is 166 g/mol. The van der Waals surface area contributed by atoms with Gasteiger partial charge in [0.2, 0.25) is 0 Å². The minimum atomic E-state index is 0.119. The van der Waals surface area contributed by atoms with Crippen LogP contribution in [0.3, 0.4) is 0 Å². The van der Waals surface area contributed by atoms with Crippen molar-refractivity contribution in [2.45, 2.75) is 19.0 Å². The molecule has 0 bridgehead atoms. The first-order valence-corrected chi connectivity index (χ1v) is 3.94. The summed E-state index contributed by atoms with van der Waals surface area (Å²) < 4.78 is 0. The first kappa shape index (κ1) is 7.25. The number of likely N-dealkylation sites (tertiary alicyclic amines) is 1. The summed E-state index contributed by atoms with van der Waals surface area (Å²) in [5.74, 6) is 0. The van der Waals surface area contributed by atoms with E-state index in [1.807, 2.05) is 0 Å². The number of hydrogen-bond donors (Lipinski definition) is 1. The Labute approximate surface area is 70.7 Å². The van der Waals surface area contributed by atoms with Gasteiger partial charge in [-0.1, -0.05) is 5.59 Å². The van der Waals surface area contributed by atoms with Gasteiger partial charge in [0, 0.05) is 6.54 Å². The maximum atomic E-state index is 8.75. The molecule has 0 aliphatic carbocycles. The zero-order chi connectivity index (χ0) is 8.39. The summed E-state index contributed by atoms with van der Waals surface area (Å²) in [7, 11) is 0. The zero-order valence-electron chi connectivity index (χ0n) is 6.60. The van der Waals surface area contributed by atoms with E-state index in [4.69, 9.17) is 10.1 Å². The molecule has 0 saturated carbocycles. The number of nitriles is 1. The van der Waals surface area contributed by atoms with Crippen molar-refractivity contribution in [2.75, 3.05) is 6.54 Å². The zero-order valence-corrected chi connectivity index (χ0v) is 6.60. The van der Waals surface area contributed by atoms with Gasteiger partial charge in [0.05, 0.1) is 6.20 Å². The van der Waals surface area contributed by atoms with E-state index in [9.17, 15) is 0 Å². The predicted molar refractivity (Wildman–Crippen MR) is 40.5 cm³/mol.